The van der Waals surface area contributed by atoms with E-state index in [1.165, 1.54) is 4.90 Å². The summed E-state index contributed by atoms with van der Waals surface area (Å²) in [6, 6.07) is 8.41. The molecule has 1 rings (SSSR count). The standard InChI is InChI=1S/C15H19N3O3/c1-3-11(8-14(19)20)10-17-15(21)18(2)13-6-4-5-12(7-13)9-16/h4-7,11H,3,8,10H2,1-2H3,(H,17,21)(H,19,20). The second kappa shape index (κ2) is 7.90. The van der Waals surface area contributed by atoms with E-state index < -0.39 is 5.97 Å². The Balaban J connectivity index is 2.62. The van der Waals surface area contributed by atoms with Crippen molar-refractivity contribution in [2.45, 2.75) is 19.8 Å². The molecule has 0 aromatic heterocycles. The quantitative estimate of drug-likeness (QED) is 0.839. The van der Waals surface area contributed by atoms with E-state index in [-0.39, 0.29) is 18.4 Å². The fourth-order valence-electron chi connectivity index (χ4n) is 1.86. The molecule has 1 atom stereocenters. The van der Waals surface area contributed by atoms with E-state index in [0.717, 1.165) is 0 Å². The van der Waals surface area contributed by atoms with Crippen LogP contribution in [0.25, 0.3) is 0 Å². The van der Waals surface area contributed by atoms with Crippen LogP contribution in [0.1, 0.15) is 25.3 Å². The van der Waals surface area contributed by atoms with Crippen LogP contribution in [0.5, 0.6) is 0 Å². The highest BCUT2D eigenvalue weighted by Crippen LogP contribution is 2.14. The van der Waals surface area contributed by atoms with Crippen molar-refractivity contribution in [1.82, 2.24) is 5.32 Å². The van der Waals surface area contributed by atoms with Crippen molar-refractivity contribution in [3.05, 3.63) is 29.8 Å². The zero-order valence-corrected chi connectivity index (χ0v) is 12.2. The number of urea groups is 1. The van der Waals surface area contributed by atoms with Crippen LogP contribution in [0.3, 0.4) is 0 Å². The van der Waals surface area contributed by atoms with Gasteiger partial charge in [-0.1, -0.05) is 19.4 Å². The molecule has 0 heterocycles. The number of hydrogen-bond donors (Lipinski definition) is 2. The van der Waals surface area contributed by atoms with E-state index in [4.69, 9.17) is 10.4 Å². The Hall–Kier alpha value is -2.55. The second-order valence-electron chi connectivity index (χ2n) is 4.78. The Labute approximate surface area is 124 Å². The van der Waals surface area contributed by atoms with Gasteiger partial charge < -0.3 is 10.4 Å². The van der Waals surface area contributed by atoms with Crippen LogP contribution in [0.4, 0.5) is 10.5 Å². The minimum Gasteiger partial charge on any atom is -0.481 e. The number of benzene rings is 1. The maximum Gasteiger partial charge on any atom is 0.321 e. The van der Waals surface area contributed by atoms with Crippen LogP contribution < -0.4 is 10.2 Å². The van der Waals surface area contributed by atoms with Crippen LogP contribution in [-0.4, -0.2) is 30.7 Å². The molecule has 6 heteroatoms. The molecule has 0 aliphatic rings. The summed E-state index contributed by atoms with van der Waals surface area (Å²) < 4.78 is 0. The first-order valence-corrected chi connectivity index (χ1v) is 6.71. The molecule has 0 radical (unpaired) electrons. The van der Waals surface area contributed by atoms with Crippen molar-refractivity contribution in [2.24, 2.45) is 5.92 Å². The number of carboxylic acid groups (broad SMARTS) is 1. The predicted molar refractivity (Wildman–Crippen MR) is 79.0 cm³/mol. The maximum atomic E-state index is 12.0. The summed E-state index contributed by atoms with van der Waals surface area (Å²) in [6.45, 7) is 2.20. The first-order valence-electron chi connectivity index (χ1n) is 6.71. The Morgan fingerprint density at radius 1 is 1.48 bits per heavy atom. The van der Waals surface area contributed by atoms with Crippen molar-refractivity contribution in [1.29, 1.82) is 5.26 Å². The minimum atomic E-state index is -0.869. The Bertz CT molecular complexity index is 551. The monoisotopic (exact) mass is 289 g/mol. The number of nitrogens with one attached hydrogen (secondary N) is 1. The summed E-state index contributed by atoms with van der Waals surface area (Å²) in [5.74, 6) is -0.962. The largest absolute Gasteiger partial charge is 0.481 e. The van der Waals surface area contributed by atoms with Gasteiger partial charge in [0.05, 0.1) is 11.6 Å². The van der Waals surface area contributed by atoms with Crippen molar-refractivity contribution < 1.29 is 14.7 Å². The average molecular weight is 289 g/mol. The van der Waals surface area contributed by atoms with E-state index in [0.29, 0.717) is 24.2 Å². The van der Waals surface area contributed by atoms with Crippen LogP contribution in [-0.2, 0) is 4.79 Å². The molecule has 0 saturated heterocycles. The number of nitrogens with zero attached hydrogens (tertiary/aromatic N) is 2. The summed E-state index contributed by atoms with van der Waals surface area (Å²) in [5.41, 5.74) is 1.09. The molecule has 1 unspecified atom stereocenters. The van der Waals surface area contributed by atoms with Gasteiger partial charge >= 0.3 is 12.0 Å². The molecule has 0 fully saturated rings. The molecule has 1 aromatic carbocycles. The lowest BCUT2D eigenvalue weighted by atomic mass is 10.0. The van der Waals surface area contributed by atoms with Gasteiger partial charge in [0.2, 0.25) is 0 Å². The predicted octanol–water partition coefficient (Wildman–Crippen LogP) is 2.20. The number of amides is 2. The van der Waals surface area contributed by atoms with E-state index in [2.05, 4.69) is 5.32 Å². The number of carboxylic acids is 1. The highest BCUT2D eigenvalue weighted by atomic mass is 16.4. The lowest BCUT2D eigenvalue weighted by molar-refractivity contribution is -0.138. The Kier molecular flexibility index (Phi) is 6.21. The highest BCUT2D eigenvalue weighted by Gasteiger charge is 2.15. The maximum absolute atomic E-state index is 12.0. The van der Waals surface area contributed by atoms with Crippen molar-refractivity contribution in [2.75, 3.05) is 18.5 Å². The molecule has 2 amide bonds. The van der Waals surface area contributed by atoms with E-state index in [1.807, 2.05) is 13.0 Å². The summed E-state index contributed by atoms with van der Waals surface area (Å²) in [6.07, 6.45) is 0.713. The lowest BCUT2D eigenvalue weighted by Crippen LogP contribution is -2.40. The molecular formula is C15H19N3O3. The zero-order chi connectivity index (χ0) is 15.8. The summed E-state index contributed by atoms with van der Waals surface area (Å²) in [5, 5.41) is 20.3. The fourth-order valence-corrected chi connectivity index (χ4v) is 1.86. The smallest absolute Gasteiger partial charge is 0.321 e. The first kappa shape index (κ1) is 16.5. The molecule has 6 nitrogen and oxygen atoms in total. The van der Waals surface area contributed by atoms with Gasteiger partial charge in [-0.05, 0) is 24.1 Å². The Morgan fingerprint density at radius 3 is 2.76 bits per heavy atom. The second-order valence-corrected chi connectivity index (χ2v) is 4.78. The normalized spacial score (nSPS) is 11.3. The van der Waals surface area contributed by atoms with Crippen molar-refractivity contribution in [3.63, 3.8) is 0 Å². The van der Waals surface area contributed by atoms with Crippen LogP contribution in [0.2, 0.25) is 0 Å². The fraction of sp³-hybridized carbons (Fsp3) is 0.400. The molecule has 0 bridgehead atoms. The SMILES string of the molecule is CCC(CNC(=O)N(C)c1cccc(C#N)c1)CC(=O)O. The first-order chi connectivity index (χ1) is 9.97. The summed E-state index contributed by atoms with van der Waals surface area (Å²) in [4.78, 5) is 24.1. The van der Waals surface area contributed by atoms with Crippen molar-refractivity contribution in [3.8, 4) is 6.07 Å². The average Bonchev–Trinajstić information content (AvgIpc) is 2.49. The summed E-state index contributed by atoms with van der Waals surface area (Å²) in [7, 11) is 1.60. The third-order valence-corrected chi connectivity index (χ3v) is 3.25. The lowest BCUT2D eigenvalue weighted by Gasteiger charge is -2.20. The zero-order valence-electron chi connectivity index (χ0n) is 12.2. The van der Waals surface area contributed by atoms with Gasteiger partial charge in [-0.2, -0.15) is 5.26 Å². The number of aliphatic carboxylic acids is 1. The van der Waals surface area contributed by atoms with Crippen LogP contribution >= 0.6 is 0 Å². The number of hydrogen-bond acceptors (Lipinski definition) is 3. The highest BCUT2D eigenvalue weighted by molar-refractivity contribution is 5.91. The molecule has 0 spiro atoms. The third-order valence-electron chi connectivity index (χ3n) is 3.25. The van der Waals surface area contributed by atoms with E-state index in [9.17, 15) is 9.59 Å². The van der Waals surface area contributed by atoms with Crippen LogP contribution in [0, 0.1) is 17.2 Å². The molecule has 21 heavy (non-hydrogen) atoms. The molecule has 112 valence electrons. The van der Waals surface area contributed by atoms with E-state index >= 15 is 0 Å². The molecule has 0 aliphatic carbocycles. The number of carbonyl (C=O) groups excluding carboxylic acids is 1. The number of nitriles is 1. The number of anilines is 1. The molecule has 1 aromatic rings. The van der Waals surface area contributed by atoms with Gasteiger partial charge in [-0.3, -0.25) is 9.69 Å². The third kappa shape index (κ3) is 5.15. The van der Waals surface area contributed by atoms with Gasteiger partial charge in [0.1, 0.15) is 0 Å². The number of rotatable bonds is 6. The van der Waals surface area contributed by atoms with Crippen LogP contribution in [0.15, 0.2) is 24.3 Å². The van der Waals surface area contributed by atoms with Gasteiger partial charge in [-0.25, -0.2) is 4.79 Å². The van der Waals surface area contributed by atoms with Gasteiger partial charge in [-0.15, -0.1) is 0 Å². The summed E-state index contributed by atoms with van der Waals surface area (Å²) >= 11 is 0. The molecule has 0 aliphatic heterocycles. The minimum absolute atomic E-state index is 0.0322. The molecule has 2 N–H and O–H groups in total. The topological polar surface area (TPSA) is 93.4 Å². The number of carbonyl (C=O) groups is 2. The van der Waals surface area contributed by atoms with E-state index in [1.54, 1.807) is 31.3 Å². The molecule has 0 saturated carbocycles. The Morgan fingerprint density at radius 2 is 2.19 bits per heavy atom. The van der Waals surface area contributed by atoms with Gasteiger partial charge in [0, 0.05) is 25.7 Å². The molecular weight excluding hydrogens is 270 g/mol. The van der Waals surface area contributed by atoms with Gasteiger partial charge in [0.15, 0.2) is 0 Å². The van der Waals surface area contributed by atoms with Gasteiger partial charge in [0.25, 0.3) is 0 Å². The van der Waals surface area contributed by atoms with Crippen molar-refractivity contribution >= 4 is 17.7 Å².